The first-order valence-electron chi connectivity index (χ1n) is 7.19. The van der Waals surface area contributed by atoms with Crippen LogP contribution in [0.2, 0.25) is 0 Å². The average Bonchev–Trinajstić information content (AvgIpc) is 2.82. The second-order valence-corrected chi connectivity index (χ2v) is 5.66. The zero-order chi connectivity index (χ0) is 11.4. The van der Waals surface area contributed by atoms with E-state index in [2.05, 4.69) is 6.92 Å². The van der Waals surface area contributed by atoms with Crippen molar-refractivity contribution in [1.29, 1.82) is 0 Å². The lowest BCUT2D eigenvalue weighted by Crippen LogP contribution is -2.38. The van der Waals surface area contributed by atoms with Crippen LogP contribution < -0.4 is 5.73 Å². The van der Waals surface area contributed by atoms with Gasteiger partial charge in [-0.05, 0) is 50.5 Å². The Kier molecular flexibility index (Phi) is 4.66. The van der Waals surface area contributed by atoms with Crippen LogP contribution in [-0.4, -0.2) is 18.8 Å². The summed E-state index contributed by atoms with van der Waals surface area (Å²) in [5.41, 5.74) is 5.87. The maximum Gasteiger partial charge on any atom is 0.0621 e. The topological polar surface area (TPSA) is 35.2 Å². The van der Waals surface area contributed by atoms with Crippen molar-refractivity contribution >= 4 is 0 Å². The highest BCUT2D eigenvalue weighted by Gasteiger charge is 2.32. The van der Waals surface area contributed by atoms with Crippen LogP contribution in [0.25, 0.3) is 0 Å². The Morgan fingerprint density at radius 1 is 1.12 bits per heavy atom. The molecule has 2 fully saturated rings. The summed E-state index contributed by atoms with van der Waals surface area (Å²) in [5, 5.41) is 0. The van der Waals surface area contributed by atoms with Gasteiger partial charge in [-0.2, -0.15) is 0 Å². The maximum atomic E-state index is 6.31. The molecule has 0 saturated heterocycles. The fraction of sp³-hybridized carbons (Fsp3) is 1.00. The highest BCUT2D eigenvalue weighted by atomic mass is 16.5. The van der Waals surface area contributed by atoms with Gasteiger partial charge in [-0.1, -0.05) is 26.2 Å². The van der Waals surface area contributed by atoms with Gasteiger partial charge in [-0.3, -0.25) is 0 Å². The highest BCUT2D eigenvalue weighted by Crippen LogP contribution is 2.35. The third kappa shape index (κ3) is 2.98. The van der Waals surface area contributed by atoms with Gasteiger partial charge in [0.1, 0.15) is 0 Å². The first kappa shape index (κ1) is 12.4. The van der Waals surface area contributed by atoms with Crippen LogP contribution in [0, 0.1) is 11.8 Å². The summed E-state index contributed by atoms with van der Waals surface area (Å²) in [6.07, 6.45) is 11.5. The van der Waals surface area contributed by atoms with E-state index in [4.69, 9.17) is 10.5 Å². The number of nitrogens with two attached hydrogens (primary N) is 1. The summed E-state index contributed by atoms with van der Waals surface area (Å²) in [4.78, 5) is 0. The molecule has 3 unspecified atom stereocenters. The van der Waals surface area contributed by atoms with Gasteiger partial charge in [0.05, 0.1) is 12.2 Å². The second-order valence-electron chi connectivity index (χ2n) is 5.66. The van der Waals surface area contributed by atoms with Crippen LogP contribution >= 0.6 is 0 Å². The monoisotopic (exact) mass is 225 g/mol. The quantitative estimate of drug-likeness (QED) is 0.798. The largest absolute Gasteiger partial charge is 0.375 e. The maximum absolute atomic E-state index is 6.31. The van der Waals surface area contributed by atoms with E-state index in [-0.39, 0.29) is 0 Å². The minimum Gasteiger partial charge on any atom is -0.375 e. The van der Waals surface area contributed by atoms with E-state index in [1.165, 1.54) is 51.4 Å². The molecule has 0 aliphatic heterocycles. The van der Waals surface area contributed by atoms with Gasteiger partial charge in [0.2, 0.25) is 0 Å². The molecule has 94 valence electrons. The van der Waals surface area contributed by atoms with Gasteiger partial charge < -0.3 is 10.5 Å². The van der Waals surface area contributed by atoms with Gasteiger partial charge in [-0.25, -0.2) is 0 Å². The molecule has 2 rings (SSSR count). The molecule has 0 aromatic carbocycles. The van der Waals surface area contributed by atoms with Crippen molar-refractivity contribution < 1.29 is 4.74 Å². The van der Waals surface area contributed by atoms with Crippen molar-refractivity contribution in [1.82, 2.24) is 0 Å². The third-order valence-corrected chi connectivity index (χ3v) is 4.59. The van der Waals surface area contributed by atoms with Crippen LogP contribution in [-0.2, 0) is 4.74 Å². The molecule has 2 nitrogen and oxygen atoms in total. The lowest BCUT2D eigenvalue weighted by molar-refractivity contribution is -0.0659. The Balaban J connectivity index is 1.86. The van der Waals surface area contributed by atoms with E-state index in [0.29, 0.717) is 18.1 Å². The molecule has 2 aliphatic carbocycles. The minimum absolute atomic E-state index is 0.465. The average molecular weight is 225 g/mol. The van der Waals surface area contributed by atoms with Crippen LogP contribution in [0.3, 0.4) is 0 Å². The Labute approximate surface area is 99.9 Å². The standard InChI is InChI=1S/C14H27NO/c1-2-11-7-8-12(10-15)14(9-11)16-13-5-3-4-6-13/h11-14H,2-10,15H2,1H3. The number of hydrogen-bond donors (Lipinski definition) is 1. The van der Waals surface area contributed by atoms with Gasteiger partial charge in [0, 0.05) is 0 Å². The van der Waals surface area contributed by atoms with Gasteiger partial charge in [-0.15, -0.1) is 0 Å². The van der Waals surface area contributed by atoms with Crippen LogP contribution in [0.1, 0.15) is 58.3 Å². The first-order valence-corrected chi connectivity index (χ1v) is 7.19. The van der Waals surface area contributed by atoms with Gasteiger partial charge in [0.15, 0.2) is 0 Å². The molecule has 0 heterocycles. The molecular weight excluding hydrogens is 198 g/mol. The molecule has 16 heavy (non-hydrogen) atoms. The van der Waals surface area contributed by atoms with Crippen molar-refractivity contribution in [2.24, 2.45) is 17.6 Å². The predicted octanol–water partition coefficient (Wildman–Crippen LogP) is 3.10. The van der Waals surface area contributed by atoms with Gasteiger partial charge >= 0.3 is 0 Å². The molecule has 0 radical (unpaired) electrons. The lowest BCUT2D eigenvalue weighted by atomic mass is 9.78. The molecule has 3 atom stereocenters. The fourth-order valence-corrected chi connectivity index (χ4v) is 3.35. The Morgan fingerprint density at radius 2 is 1.88 bits per heavy atom. The summed E-state index contributed by atoms with van der Waals surface area (Å²) >= 11 is 0. The second kappa shape index (κ2) is 6.02. The Morgan fingerprint density at radius 3 is 2.50 bits per heavy atom. The van der Waals surface area contributed by atoms with Crippen LogP contribution in [0.4, 0.5) is 0 Å². The highest BCUT2D eigenvalue weighted by molar-refractivity contribution is 4.83. The normalized spacial score (nSPS) is 36.8. The van der Waals surface area contributed by atoms with E-state index in [1.807, 2.05) is 0 Å². The zero-order valence-electron chi connectivity index (χ0n) is 10.7. The van der Waals surface area contributed by atoms with Crippen molar-refractivity contribution in [3.63, 3.8) is 0 Å². The van der Waals surface area contributed by atoms with E-state index >= 15 is 0 Å². The summed E-state index contributed by atoms with van der Waals surface area (Å²) in [5.74, 6) is 1.51. The molecule has 0 aromatic rings. The predicted molar refractivity (Wildman–Crippen MR) is 67.3 cm³/mol. The smallest absolute Gasteiger partial charge is 0.0621 e. The molecule has 2 saturated carbocycles. The molecule has 2 aliphatic rings. The van der Waals surface area contributed by atoms with E-state index in [1.54, 1.807) is 0 Å². The number of hydrogen-bond acceptors (Lipinski definition) is 2. The lowest BCUT2D eigenvalue weighted by Gasteiger charge is -2.36. The fourth-order valence-electron chi connectivity index (χ4n) is 3.35. The molecule has 0 amide bonds. The molecule has 0 spiro atoms. The Bertz CT molecular complexity index is 201. The molecule has 0 aromatic heterocycles. The molecule has 2 N–H and O–H groups in total. The molecular formula is C14H27NO. The van der Waals surface area contributed by atoms with E-state index in [9.17, 15) is 0 Å². The zero-order valence-corrected chi connectivity index (χ0v) is 10.7. The minimum atomic E-state index is 0.465. The van der Waals surface area contributed by atoms with Crippen molar-refractivity contribution in [3.05, 3.63) is 0 Å². The van der Waals surface area contributed by atoms with E-state index < -0.39 is 0 Å². The molecule has 2 heteroatoms. The summed E-state index contributed by atoms with van der Waals surface area (Å²) in [7, 11) is 0. The van der Waals surface area contributed by atoms with Crippen molar-refractivity contribution in [2.75, 3.05) is 6.54 Å². The van der Waals surface area contributed by atoms with Crippen molar-refractivity contribution in [3.8, 4) is 0 Å². The number of ether oxygens (including phenoxy) is 1. The summed E-state index contributed by atoms with van der Waals surface area (Å²) in [6, 6.07) is 0. The van der Waals surface area contributed by atoms with Crippen LogP contribution in [0.5, 0.6) is 0 Å². The SMILES string of the molecule is CCC1CCC(CN)C(OC2CCCC2)C1. The molecule has 0 bridgehead atoms. The van der Waals surface area contributed by atoms with Crippen LogP contribution in [0.15, 0.2) is 0 Å². The first-order chi connectivity index (χ1) is 7.83. The van der Waals surface area contributed by atoms with Gasteiger partial charge in [0.25, 0.3) is 0 Å². The summed E-state index contributed by atoms with van der Waals surface area (Å²) < 4.78 is 6.31. The number of rotatable bonds is 4. The van der Waals surface area contributed by atoms with E-state index in [0.717, 1.165) is 12.5 Å². The third-order valence-electron chi connectivity index (χ3n) is 4.59. The van der Waals surface area contributed by atoms with Crippen molar-refractivity contribution in [2.45, 2.75) is 70.5 Å². The Hall–Kier alpha value is -0.0800. The summed E-state index contributed by atoms with van der Waals surface area (Å²) in [6.45, 7) is 3.12.